The van der Waals surface area contributed by atoms with Crippen LogP contribution in [0.1, 0.15) is 6.92 Å². The number of nitrogens with one attached hydrogen (secondary N) is 1. The molecule has 20 heavy (non-hydrogen) atoms. The second-order valence-corrected chi connectivity index (χ2v) is 3.64. The van der Waals surface area contributed by atoms with Gasteiger partial charge in [0.05, 0.1) is 20.8 Å². The van der Waals surface area contributed by atoms with Crippen LogP contribution in [-0.4, -0.2) is 26.8 Å². The average Bonchev–Trinajstić information content (AvgIpc) is 2.47. The molecule has 0 saturated carbocycles. The van der Waals surface area contributed by atoms with Gasteiger partial charge in [-0.2, -0.15) is 5.26 Å². The average molecular weight is 276 g/mol. The minimum absolute atomic E-state index is 0.117. The number of anilines is 1. The molecular weight excluding hydrogens is 260 g/mol. The molecule has 0 aliphatic heterocycles. The largest absolute Gasteiger partial charge is 0.497 e. The van der Waals surface area contributed by atoms with E-state index >= 15 is 0 Å². The van der Waals surface area contributed by atoms with Crippen LogP contribution < -0.4 is 14.8 Å². The summed E-state index contributed by atoms with van der Waals surface area (Å²) < 4.78 is 15.0. The van der Waals surface area contributed by atoms with Crippen LogP contribution in [0.3, 0.4) is 0 Å². The van der Waals surface area contributed by atoms with Gasteiger partial charge in [0.1, 0.15) is 17.6 Å². The van der Waals surface area contributed by atoms with Crippen LogP contribution in [0, 0.1) is 11.3 Å². The summed E-state index contributed by atoms with van der Waals surface area (Å²) in [5.74, 6) is 0.516. The van der Waals surface area contributed by atoms with Crippen LogP contribution in [0.2, 0.25) is 0 Å². The highest BCUT2D eigenvalue weighted by molar-refractivity contribution is 5.93. The Morgan fingerprint density at radius 1 is 1.30 bits per heavy atom. The SMILES string of the molecule is CCOC(=O)/C(C#N)=C/Nc1cc(OC)cc(OC)c1. The smallest absolute Gasteiger partial charge is 0.350 e. The highest BCUT2D eigenvalue weighted by atomic mass is 16.5. The van der Waals surface area contributed by atoms with Gasteiger partial charge in [-0.25, -0.2) is 4.79 Å². The standard InChI is InChI=1S/C14H16N2O4/c1-4-20-14(17)10(8-15)9-16-11-5-12(18-2)7-13(6-11)19-3/h5-7,9,16H,4H2,1-3H3/b10-9+. The monoisotopic (exact) mass is 276 g/mol. The minimum atomic E-state index is -0.669. The number of hydrogen-bond acceptors (Lipinski definition) is 6. The van der Waals surface area contributed by atoms with E-state index in [1.165, 1.54) is 20.4 Å². The fourth-order valence-electron chi connectivity index (χ4n) is 1.39. The number of nitrogens with zero attached hydrogens (tertiary/aromatic N) is 1. The molecule has 0 unspecified atom stereocenters. The molecule has 1 N–H and O–H groups in total. The number of carbonyl (C=O) groups is 1. The van der Waals surface area contributed by atoms with Gasteiger partial charge in [-0.05, 0) is 6.92 Å². The lowest BCUT2D eigenvalue weighted by Crippen LogP contribution is -2.07. The van der Waals surface area contributed by atoms with E-state index in [1.807, 2.05) is 0 Å². The lowest BCUT2D eigenvalue weighted by molar-refractivity contribution is -0.138. The first kappa shape index (κ1) is 15.4. The first-order chi connectivity index (χ1) is 9.64. The highest BCUT2D eigenvalue weighted by Crippen LogP contribution is 2.25. The Morgan fingerprint density at radius 2 is 1.90 bits per heavy atom. The van der Waals surface area contributed by atoms with Crippen molar-refractivity contribution in [3.8, 4) is 17.6 Å². The molecule has 6 heteroatoms. The second-order valence-electron chi connectivity index (χ2n) is 3.64. The second kappa shape index (κ2) is 7.69. The normalized spacial score (nSPS) is 10.4. The maximum atomic E-state index is 11.4. The van der Waals surface area contributed by atoms with Gasteiger partial charge in [0.15, 0.2) is 5.57 Å². The van der Waals surface area contributed by atoms with Gasteiger partial charge in [0.25, 0.3) is 0 Å². The van der Waals surface area contributed by atoms with Crippen LogP contribution >= 0.6 is 0 Å². The van der Waals surface area contributed by atoms with Gasteiger partial charge in [-0.3, -0.25) is 0 Å². The molecular formula is C14H16N2O4. The predicted molar refractivity (Wildman–Crippen MR) is 73.5 cm³/mol. The number of ether oxygens (including phenoxy) is 3. The molecule has 1 aromatic carbocycles. The first-order valence-corrected chi connectivity index (χ1v) is 5.91. The molecule has 0 aliphatic carbocycles. The van der Waals surface area contributed by atoms with Crippen molar-refractivity contribution >= 4 is 11.7 Å². The number of nitriles is 1. The molecule has 1 rings (SSSR count). The zero-order valence-corrected chi connectivity index (χ0v) is 11.6. The van der Waals surface area contributed by atoms with Crippen LogP contribution in [0.15, 0.2) is 30.0 Å². The topological polar surface area (TPSA) is 80.6 Å². The van der Waals surface area contributed by atoms with E-state index in [4.69, 9.17) is 19.5 Å². The van der Waals surface area contributed by atoms with Crippen molar-refractivity contribution in [1.82, 2.24) is 0 Å². The zero-order valence-electron chi connectivity index (χ0n) is 11.6. The van der Waals surface area contributed by atoms with Gasteiger partial charge in [0, 0.05) is 30.1 Å². The molecule has 1 aromatic rings. The van der Waals surface area contributed by atoms with Crippen molar-refractivity contribution in [2.75, 3.05) is 26.1 Å². The molecule has 6 nitrogen and oxygen atoms in total. The van der Waals surface area contributed by atoms with Crippen molar-refractivity contribution < 1.29 is 19.0 Å². The number of hydrogen-bond donors (Lipinski definition) is 1. The number of carbonyl (C=O) groups excluding carboxylic acids is 1. The van der Waals surface area contributed by atoms with Gasteiger partial charge in [-0.15, -0.1) is 0 Å². The maximum Gasteiger partial charge on any atom is 0.350 e. The van der Waals surface area contributed by atoms with Crippen LogP contribution in [0.4, 0.5) is 5.69 Å². The third-order valence-electron chi connectivity index (χ3n) is 2.35. The Kier molecular flexibility index (Phi) is 5.91. The van der Waals surface area contributed by atoms with E-state index in [0.717, 1.165) is 0 Å². The van der Waals surface area contributed by atoms with E-state index in [-0.39, 0.29) is 12.2 Å². The molecule has 0 aromatic heterocycles. The Hall–Kier alpha value is -2.68. The van der Waals surface area contributed by atoms with Crippen molar-refractivity contribution in [3.05, 3.63) is 30.0 Å². The predicted octanol–water partition coefficient (Wildman–Crippen LogP) is 2.09. The van der Waals surface area contributed by atoms with Gasteiger partial charge in [0.2, 0.25) is 0 Å². The van der Waals surface area contributed by atoms with Crippen molar-refractivity contribution in [2.45, 2.75) is 6.92 Å². The third-order valence-corrected chi connectivity index (χ3v) is 2.35. The summed E-state index contributed by atoms with van der Waals surface area (Å²) in [6.45, 7) is 1.89. The molecule has 0 saturated heterocycles. The summed E-state index contributed by atoms with van der Waals surface area (Å²) >= 11 is 0. The van der Waals surface area contributed by atoms with Crippen LogP contribution in [-0.2, 0) is 9.53 Å². The molecule has 106 valence electrons. The highest BCUT2D eigenvalue weighted by Gasteiger charge is 2.09. The van der Waals surface area contributed by atoms with Crippen molar-refractivity contribution in [2.24, 2.45) is 0 Å². The molecule has 0 heterocycles. The molecule has 0 fully saturated rings. The Balaban J connectivity index is 2.92. The summed E-state index contributed by atoms with van der Waals surface area (Å²) in [7, 11) is 3.07. The Labute approximate surface area is 117 Å². The van der Waals surface area contributed by atoms with Gasteiger partial charge in [-0.1, -0.05) is 0 Å². The molecule has 0 atom stereocenters. The molecule has 0 spiro atoms. The number of esters is 1. The van der Waals surface area contributed by atoms with E-state index in [0.29, 0.717) is 17.2 Å². The maximum absolute atomic E-state index is 11.4. The quantitative estimate of drug-likeness (QED) is 0.487. The zero-order chi connectivity index (χ0) is 15.0. The summed E-state index contributed by atoms with van der Waals surface area (Å²) in [5, 5.41) is 11.7. The van der Waals surface area contributed by atoms with Gasteiger partial charge < -0.3 is 19.5 Å². The van der Waals surface area contributed by atoms with Crippen LogP contribution in [0.25, 0.3) is 0 Å². The summed E-state index contributed by atoms with van der Waals surface area (Å²) in [4.78, 5) is 11.4. The first-order valence-electron chi connectivity index (χ1n) is 5.91. The van der Waals surface area contributed by atoms with E-state index < -0.39 is 5.97 Å². The van der Waals surface area contributed by atoms with Crippen molar-refractivity contribution in [3.63, 3.8) is 0 Å². The minimum Gasteiger partial charge on any atom is -0.497 e. The van der Waals surface area contributed by atoms with Crippen LogP contribution in [0.5, 0.6) is 11.5 Å². The van der Waals surface area contributed by atoms with E-state index in [9.17, 15) is 4.79 Å². The summed E-state index contributed by atoms with van der Waals surface area (Å²) in [6, 6.07) is 6.90. The number of methoxy groups -OCH3 is 2. The lowest BCUT2D eigenvalue weighted by atomic mass is 10.2. The fourth-order valence-corrected chi connectivity index (χ4v) is 1.39. The van der Waals surface area contributed by atoms with E-state index in [2.05, 4.69) is 5.32 Å². The van der Waals surface area contributed by atoms with Gasteiger partial charge >= 0.3 is 5.97 Å². The molecule has 0 amide bonds. The molecule has 0 aliphatic rings. The summed E-state index contributed by atoms with van der Waals surface area (Å²) in [5.41, 5.74) is 0.506. The van der Waals surface area contributed by atoms with E-state index in [1.54, 1.807) is 31.2 Å². The third kappa shape index (κ3) is 4.21. The lowest BCUT2D eigenvalue weighted by Gasteiger charge is -2.08. The Bertz CT molecular complexity index is 524. The molecule has 0 bridgehead atoms. The van der Waals surface area contributed by atoms with Crippen molar-refractivity contribution in [1.29, 1.82) is 5.26 Å². The molecule has 0 radical (unpaired) electrons. The summed E-state index contributed by atoms with van der Waals surface area (Å²) in [6.07, 6.45) is 1.28. The number of benzene rings is 1. The fraction of sp³-hybridized carbons (Fsp3) is 0.286. The number of rotatable bonds is 6. The Morgan fingerprint density at radius 3 is 2.35 bits per heavy atom.